The number of furan rings is 1. The lowest BCUT2D eigenvalue weighted by atomic mass is 10.1. The van der Waals surface area contributed by atoms with Gasteiger partial charge in [-0.3, -0.25) is 9.52 Å². The van der Waals surface area contributed by atoms with Gasteiger partial charge in [0.25, 0.3) is 15.9 Å². The minimum Gasteiger partial charge on any atom is -0.506 e. The van der Waals surface area contributed by atoms with Crippen LogP contribution in [0.3, 0.4) is 0 Å². The molecule has 0 radical (unpaired) electrons. The molecule has 4 rings (SSSR count). The zero-order valence-electron chi connectivity index (χ0n) is 19.3. The number of ether oxygens (including phenoxy) is 2. The van der Waals surface area contributed by atoms with Gasteiger partial charge >= 0.3 is 0 Å². The van der Waals surface area contributed by atoms with Crippen LogP contribution in [0.4, 0.5) is 11.4 Å². The van der Waals surface area contributed by atoms with Crippen LogP contribution in [0.15, 0.2) is 70.0 Å². The molecule has 3 N–H and O–H groups in total. The number of amides is 1. The number of sulfonamides is 1. The Morgan fingerprint density at radius 2 is 1.83 bits per heavy atom. The molecule has 35 heavy (non-hydrogen) atoms. The van der Waals surface area contributed by atoms with Crippen molar-refractivity contribution in [3.63, 3.8) is 0 Å². The number of benzene rings is 3. The minimum absolute atomic E-state index is 0.0356. The van der Waals surface area contributed by atoms with E-state index in [9.17, 15) is 18.3 Å². The summed E-state index contributed by atoms with van der Waals surface area (Å²) in [5.41, 5.74) is 1.24. The molecule has 9 nitrogen and oxygen atoms in total. The Morgan fingerprint density at radius 1 is 1.06 bits per heavy atom. The second-order valence-electron chi connectivity index (χ2n) is 7.59. The molecule has 0 aliphatic rings. The van der Waals surface area contributed by atoms with Gasteiger partial charge in [-0.05, 0) is 62.4 Å². The molecule has 0 saturated heterocycles. The molecule has 0 unspecified atom stereocenters. The van der Waals surface area contributed by atoms with Crippen molar-refractivity contribution in [1.29, 1.82) is 0 Å². The summed E-state index contributed by atoms with van der Waals surface area (Å²) in [6.07, 6.45) is 0. The number of rotatable bonds is 8. The van der Waals surface area contributed by atoms with Crippen molar-refractivity contribution in [2.45, 2.75) is 18.7 Å². The van der Waals surface area contributed by atoms with Crippen molar-refractivity contribution in [2.75, 3.05) is 23.8 Å². The normalized spacial score (nSPS) is 11.3. The molecule has 1 aromatic heterocycles. The molecular weight excluding hydrogens is 472 g/mol. The number of hydrogen-bond acceptors (Lipinski definition) is 7. The number of carbonyl (C=O) groups is 1. The van der Waals surface area contributed by atoms with Gasteiger partial charge in [0.05, 0.1) is 30.0 Å². The third-order valence-corrected chi connectivity index (χ3v) is 6.67. The third kappa shape index (κ3) is 4.87. The second kappa shape index (κ2) is 9.59. The number of phenols is 1. The highest BCUT2D eigenvalue weighted by molar-refractivity contribution is 7.92. The monoisotopic (exact) mass is 496 g/mol. The van der Waals surface area contributed by atoms with Crippen LogP contribution in [-0.4, -0.2) is 33.1 Å². The number of fused-ring (bicyclic) bond motifs is 1. The lowest BCUT2D eigenvalue weighted by Gasteiger charge is -2.13. The van der Waals surface area contributed by atoms with Crippen LogP contribution in [0.5, 0.6) is 17.2 Å². The average Bonchev–Trinajstić information content (AvgIpc) is 3.16. The van der Waals surface area contributed by atoms with E-state index in [1.165, 1.54) is 19.2 Å². The van der Waals surface area contributed by atoms with Crippen LogP contribution < -0.4 is 19.5 Å². The zero-order chi connectivity index (χ0) is 25.2. The summed E-state index contributed by atoms with van der Waals surface area (Å²) in [4.78, 5) is 12.8. The zero-order valence-corrected chi connectivity index (χ0v) is 20.1. The molecule has 10 heteroatoms. The van der Waals surface area contributed by atoms with Crippen LogP contribution in [0, 0.1) is 6.92 Å². The first-order valence-corrected chi connectivity index (χ1v) is 12.2. The Kier molecular flexibility index (Phi) is 6.57. The first-order chi connectivity index (χ1) is 16.7. The Bertz CT molecular complexity index is 1510. The van der Waals surface area contributed by atoms with Gasteiger partial charge in [0.2, 0.25) is 0 Å². The maximum atomic E-state index is 13.0. The number of para-hydroxylation sites is 2. The molecule has 0 spiro atoms. The fourth-order valence-corrected chi connectivity index (χ4v) is 4.66. The molecule has 0 bridgehead atoms. The van der Waals surface area contributed by atoms with Gasteiger partial charge in [0.15, 0.2) is 5.76 Å². The van der Waals surface area contributed by atoms with Crippen LogP contribution in [-0.2, 0) is 10.0 Å². The molecular formula is C25H24N2O7S. The summed E-state index contributed by atoms with van der Waals surface area (Å²) in [6.45, 7) is 4.10. The van der Waals surface area contributed by atoms with Crippen LogP contribution in [0.25, 0.3) is 11.0 Å². The van der Waals surface area contributed by atoms with E-state index in [1.807, 2.05) is 6.92 Å². The second-order valence-corrected chi connectivity index (χ2v) is 9.27. The molecule has 4 aromatic rings. The van der Waals surface area contributed by atoms with Crippen molar-refractivity contribution in [1.82, 2.24) is 0 Å². The summed E-state index contributed by atoms with van der Waals surface area (Å²) in [7, 11) is -2.62. The van der Waals surface area contributed by atoms with Gasteiger partial charge in [-0.15, -0.1) is 0 Å². The van der Waals surface area contributed by atoms with Crippen molar-refractivity contribution in [3.05, 3.63) is 72.0 Å². The Morgan fingerprint density at radius 3 is 2.57 bits per heavy atom. The fraction of sp³-hybridized carbons (Fsp3) is 0.160. The van der Waals surface area contributed by atoms with Gasteiger partial charge in [-0.2, -0.15) is 0 Å². The van der Waals surface area contributed by atoms with Crippen LogP contribution >= 0.6 is 0 Å². The standard InChI is InChI=1S/C25H24N2O7S/c1-4-33-16-9-12-22-18(13-16)15(2)24(34-22)25(29)26-20-14-17(10-11-21(20)28)35(30,31)27-19-7-5-6-8-23(19)32-3/h5-14,27-28H,4H2,1-3H3,(H,26,29). The van der Waals surface area contributed by atoms with E-state index in [0.717, 1.165) is 6.07 Å². The number of phenolic OH excluding ortho intramolecular Hbond substituents is 1. The number of anilines is 2. The number of carbonyl (C=O) groups excluding carboxylic acids is 1. The maximum Gasteiger partial charge on any atom is 0.291 e. The minimum atomic E-state index is -4.05. The van der Waals surface area contributed by atoms with Gasteiger partial charge in [0, 0.05) is 10.9 Å². The third-order valence-electron chi connectivity index (χ3n) is 5.30. The van der Waals surface area contributed by atoms with Crippen LogP contribution in [0.1, 0.15) is 23.0 Å². The Hall–Kier alpha value is -4.18. The maximum absolute atomic E-state index is 13.0. The van der Waals surface area contributed by atoms with E-state index in [2.05, 4.69) is 10.0 Å². The molecule has 182 valence electrons. The smallest absolute Gasteiger partial charge is 0.291 e. The summed E-state index contributed by atoms with van der Waals surface area (Å²) < 4.78 is 44.8. The number of nitrogens with one attached hydrogen (secondary N) is 2. The van der Waals surface area contributed by atoms with Crippen molar-refractivity contribution < 1.29 is 32.2 Å². The average molecular weight is 497 g/mol. The van der Waals surface area contributed by atoms with Gasteiger partial charge in [0.1, 0.15) is 22.8 Å². The molecule has 0 aliphatic carbocycles. The highest BCUT2D eigenvalue weighted by atomic mass is 32.2. The lowest BCUT2D eigenvalue weighted by Crippen LogP contribution is -2.15. The van der Waals surface area contributed by atoms with Gasteiger partial charge in [-0.25, -0.2) is 8.42 Å². The van der Waals surface area contributed by atoms with E-state index in [4.69, 9.17) is 13.9 Å². The summed E-state index contributed by atoms with van der Waals surface area (Å²) in [5.74, 6) is 0.0832. The van der Waals surface area contributed by atoms with Crippen molar-refractivity contribution in [3.8, 4) is 17.2 Å². The van der Waals surface area contributed by atoms with Gasteiger partial charge in [-0.1, -0.05) is 12.1 Å². The van der Waals surface area contributed by atoms with Crippen molar-refractivity contribution >= 4 is 38.3 Å². The molecule has 0 aliphatic heterocycles. The highest BCUT2D eigenvalue weighted by Gasteiger charge is 2.22. The van der Waals surface area contributed by atoms with E-state index >= 15 is 0 Å². The summed E-state index contributed by atoms with van der Waals surface area (Å²) >= 11 is 0. The largest absolute Gasteiger partial charge is 0.506 e. The number of aryl methyl sites for hydroxylation is 1. The topological polar surface area (TPSA) is 127 Å². The first kappa shape index (κ1) is 24.0. The van der Waals surface area contributed by atoms with E-state index in [-0.39, 0.29) is 27.8 Å². The number of aromatic hydroxyl groups is 1. The Labute approximate surface area is 202 Å². The molecule has 0 fully saturated rings. The molecule has 0 saturated carbocycles. The first-order valence-electron chi connectivity index (χ1n) is 10.7. The molecule has 3 aromatic carbocycles. The van der Waals surface area contributed by atoms with Gasteiger partial charge < -0.3 is 24.3 Å². The quantitative estimate of drug-likeness (QED) is 0.296. The van der Waals surface area contributed by atoms with Crippen molar-refractivity contribution in [2.24, 2.45) is 0 Å². The van der Waals surface area contributed by atoms with E-state index in [1.54, 1.807) is 49.4 Å². The Balaban J connectivity index is 1.62. The summed E-state index contributed by atoms with van der Waals surface area (Å²) in [6, 6.07) is 15.4. The SMILES string of the molecule is CCOc1ccc2oc(C(=O)Nc3cc(S(=O)(=O)Nc4ccccc4OC)ccc3O)c(C)c2c1. The predicted octanol–water partition coefficient (Wildman–Crippen LogP) is 4.91. The fourth-order valence-electron chi connectivity index (χ4n) is 3.57. The molecule has 0 atom stereocenters. The summed E-state index contributed by atoms with van der Waals surface area (Å²) in [5, 5.41) is 13.5. The number of hydrogen-bond donors (Lipinski definition) is 3. The van der Waals surface area contributed by atoms with Crippen LogP contribution in [0.2, 0.25) is 0 Å². The van der Waals surface area contributed by atoms with E-state index in [0.29, 0.717) is 34.6 Å². The molecule has 1 heterocycles. The predicted molar refractivity (Wildman–Crippen MR) is 132 cm³/mol. The van der Waals surface area contributed by atoms with E-state index < -0.39 is 15.9 Å². The lowest BCUT2D eigenvalue weighted by molar-refractivity contribution is 0.0997. The molecule has 1 amide bonds. The number of methoxy groups -OCH3 is 1. The highest BCUT2D eigenvalue weighted by Crippen LogP contribution is 2.32.